The van der Waals surface area contributed by atoms with E-state index in [0.717, 1.165) is 18.6 Å². The SMILES string of the molecule is CC(C)(C)CCOCCONC(=O)c1ccc(F)c(F)c1Nc1ccc(I)cc1F. The van der Waals surface area contributed by atoms with Gasteiger partial charge < -0.3 is 10.1 Å². The Kier molecular flexibility index (Phi) is 8.92. The van der Waals surface area contributed by atoms with Gasteiger partial charge in [0.2, 0.25) is 0 Å². The summed E-state index contributed by atoms with van der Waals surface area (Å²) in [6.07, 6.45) is 0.873. The minimum Gasteiger partial charge on any atom is -0.379 e. The molecule has 30 heavy (non-hydrogen) atoms. The number of ether oxygens (including phenoxy) is 1. The smallest absolute Gasteiger partial charge is 0.277 e. The van der Waals surface area contributed by atoms with Crippen LogP contribution in [-0.2, 0) is 9.57 Å². The molecule has 0 saturated carbocycles. The molecular weight excluding hydrogens is 512 g/mol. The van der Waals surface area contributed by atoms with E-state index in [2.05, 4.69) is 31.6 Å². The van der Waals surface area contributed by atoms with Gasteiger partial charge in [-0.3, -0.25) is 9.63 Å². The standard InChI is InChI=1S/C21H24F3IN2O3/c1-21(2,3)8-9-29-10-11-30-27-20(28)14-5-6-15(22)18(24)19(14)26-17-7-4-13(25)12-16(17)23/h4-7,12,26H,8-11H2,1-3H3,(H,27,28). The van der Waals surface area contributed by atoms with Gasteiger partial charge in [0.25, 0.3) is 5.91 Å². The Morgan fingerprint density at radius 1 is 1.03 bits per heavy atom. The van der Waals surface area contributed by atoms with Gasteiger partial charge in [0.15, 0.2) is 11.6 Å². The normalized spacial score (nSPS) is 11.4. The highest BCUT2D eigenvalue weighted by Gasteiger charge is 2.20. The molecule has 0 radical (unpaired) electrons. The molecule has 0 aromatic heterocycles. The van der Waals surface area contributed by atoms with Crippen LogP contribution in [0.4, 0.5) is 24.5 Å². The van der Waals surface area contributed by atoms with E-state index in [9.17, 15) is 18.0 Å². The van der Waals surface area contributed by atoms with Crippen molar-refractivity contribution in [2.24, 2.45) is 5.41 Å². The van der Waals surface area contributed by atoms with E-state index >= 15 is 0 Å². The van der Waals surface area contributed by atoms with Crippen molar-refractivity contribution < 1.29 is 27.5 Å². The Balaban J connectivity index is 1.99. The van der Waals surface area contributed by atoms with Crippen LogP contribution in [0, 0.1) is 26.4 Å². The number of hydrogen-bond acceptors (Lipinski definition) is 4. The van der Waals surface area contributed by atoms with Gasteiger partial charge in [-0.25, -0.2) is 18.7 Å². The molecule has 0 aliphatic heterocycles. The molecule has 0 aliphatic carbocycles. The van der Waals surface area contributed by atoms with Crippen LogP contribution in [0.2, 0.25) is 0 Å². The number of anilines is 2. The van der Waals surface area contributed by atoms with Gasteiger partial charge in [0.05, 0.1) is 30.2 Å². The number of hydroxylamine groups is 1. The van der Waals surface area contributed by atoms with Gasteiger partial charge in [-0.15, -0.1) is 0 Å². The van der Waals surface area contributed by atoms with Gasteiger partial charge >= 0.3 is 0 Å². The molecule has 2 aromatic carbocycles. The fourth-order valence-electron chi connectivity index (χ4n) is 2.34. The Labute approximate surface area is 187 Å². The summed E-state index contributed by atoms with van der Waals surface area (Å²) in [6.45, 7) is 7.19. The maximum Gasteiger partial charge on any atom is 0.277 e. The van der Waals surface area contributed by atoms with Crippen molar-refractivity contribution in [3.05, 3.63) is 56.9 Å². The van der Waals surface area contributed by atoms with Crippen molar-refractivity contribution in [2.75, 3.05) is 25.1 Å². The van der Waals surface area contributed by atoms with Crippen LogP contribution in [0.15, 0.2) is 30.3 Å². The quantitative estimate of drug-likeness (QED) is 0.250. The second kappa shape index (κ2) is 11.0. The van der Waals surface area contributed by atoms with E-state index in [1.54, 1.807) is 6.07 Å². The van der Waals surface area contributed by atoms with Crippen molar-refractivity contribution in [1.82, 2.24) is 5.48 Å². The van der Waals surface area contributed by atoms with E-state index in [4.69, 9.17) is 9.57 Å². The maximum absolute atomic E-state index is 14.3. The number of hydrogen-bond donors (Lipinski definition) is 2. The average molecular weight is 536 g/mol. The van der Waals surface area contributed by atoms with Gasteiger partial charge in [0, 0.05) is 10.2 Å². The minimum atomic E-state index is -1.30. The first-order valence-corrected chi connectivity index (χ1v) is 10.4. The fraction of sp³-hybridized carbons (Fsp3) is 0.381. The second-order valence-electron chi connectivity index (χ2n) is 7.74. The molecule has 5 nitrogen and oxygen atoms in total. The predicted molar refractivity (Wildman–Crippen MR) is 117 cm³/mol. The van der Waals surface area contributed by atoms with Gasteiger partial charge in [-0.2, -0.15) is 0 Å². The second-order valence-corrected chi connectivity index (χ2v) is 8.98. The highest BCUT2D eigenvalue weighted by atomic mass is 127. The lowest BCUT2D eigenvalue weighted by atomic mass is 9.93. The zero-order valence-corrected chi connectivity index (χ0v) is 19.1. The van der Waals surface area contributed by atoms with Crippen molar-refractivity contribution in [2.45, 2.75) is 27.2 Å². The Bertz CT molecular complexity index is 889. The topological polar surface area (TPSA) is 59.6 Å². The molecule has 2 rings (SSSR count). The third-order valence-corrected chi connectivity index (χ3v) is 4.69. The van der Waals surface area contributed by atoms with Gasteiger partial charge in [0.1, 0.15) is 5.82 Å². The van der Waals surface area contributed by atoms with Crippen molar-refractivity contribution in [1.29, 1.82) is 0 Å². The van der Waals surface area contributed by atoms with E-state index in [-0.39, 0.29) is 29.9 Å². The summed E-state index contributed by atoms with van der Waals surface area (Å²) >= 11 is 1.92. The predicted octanol–water partition coefficient (Wildman–Crippen LogP) is 5.57. The average Bonchev–Trinajstić information content (AvgIpc) is 2.65. The molecule has 0 atom stereocenters. The number of rotatable bonds is 9. The molecule has 2 N–H and O–H groups in total. The van der Waals surface area contributed by atoms with Gasteiger partial charge in [-0.05, 0) is 64.8 Å². The molecule has 2 aromatic rings. The zero-order valence-electron chi connectivity index (χ0n) is 17.0. The number of nitrogens with one attached hydrogen (secondary N) is 2. The first-order chi connectivity index (χ1) is 14.1. The largest absolute Gasteiger partial charge is 0.379 e. The summed E-state index contributed by atoms with van der Waals surface area (Å²) in [5.41, 5.74) is 1.49. The lowest BCUT2D eigenvalue weighted by molar-refractivity contribution is -0.00394. The molecule has 0 bridgehead atoms. The van der Waals surface area contributed by atoms with E-state index < -0.39 is 29.0 Å². The minimum absolute atomic E-state index is 0.0775. The van der Waals surface area contributed by atoms with E-state index in [0.29, 0.717) is 10.2 Å². The monoisotopic (exact) mass is 536 g/mol. The fourth-order valence-corrected chi connectivity index (χ4v) is 2.79. The molecule has 0 heterocycles. The van der Waals surface area contributed by atoms with E-state index in [1.807, 2.05) is 22.6 Å². The van der Waals surface area contributed by atoms with Crippen LogP contribution in [0.25, 0.3) is 0 Å². The van der Waals surface area contributed by atoms with Crippen LogP contribution in [0.3, 0.4) is 0 Å². The highest BCUT2D eigenvalue weighted by Crippen LogP contribution is 2.28. The molecule has 0 aliphatic rings. The summed E-state index contributed by atoms with van der Waals surface area (Å²) in [5, 5.41) is 2.46. The molecular formula is C21H24F3IN2O3. The lowest BCUT2D eigenvalue weighted by Gasteiger charge is -2.17. The third-order valence-electron chi connectivity index (χ3n) is 4.02. The molecule has 0 unspecified atom stereocenters. The van der Waals surface area contributed by atoms with Gasteiger partial charge in [-0.1, -0.05) is 20.8 Å². The van der Waals surface area contributed by atoms with Crippen molar-refractivity contribution in [3.63, 3.8) is 0 Å². The Hall–Kier alpha value is -1.85. The maximum atomic E-state index is 14.3. The lowest BCUT2D eigenvalue weighted by Crippen LogP contribution is -2.27. The molecule has 164 valence electrons. The molecule has 0 saturated heterocycles. The summed E-state index contributed by atoms with van der Waals surface area (Å²) in [5.74, 6) is -3.95. The molecule has 0 fully saturated rings. The number of carbonyl (C=O) groups excluding carboxylic acids is 1. The summed E-state index contributed by atoms with van der Waals surface area (Å²) in [4.78, 5) is 17.4. The summed E-state index contributed by atoms with van der Waals surface area (Å²) in [7, 11) is 0. The molecule has 0 spiro atoms. The third kappa shape index (κ3) is 7.44. The number of halogens is 4. The summed E-state index contributed by atoms with van der Waals surface area (Å²) < 4.78 is 48.2. The number of amides is 1. The van der Waals surface area contributed by atoms with Crippen molar-refractivity contribution in [3.8, 4) is 0 Å². The van der Waals surface area contributed by atoms with Crippen LogP contribution in [0.5, 0.6) is 0 Å². The van der Waals surface area contributed by atoms with E-state index in [1.165, 1.54) is 12.1 Å². The zero-order chi connectivity index (χ0) is 22.3. The summed E-state index contributed by atoms with van der Waals surface area (Å²) in [6, 6.07) is 6.09. The highest BCUT2D eigenvalue weighted by molar-refractivity contribution is 14.1. The molecule has 1 amide bonds. The number of carbonyl (C=O) groups is 1. The Morgan fingerprint density at radius 2 is 1.77 bits per heavy atom. The van der Waals surface area contributed by atoms with Crippen LogP contribution in [0.1, 0.15) is 37.6 Å². The van der Waals surface area contributed by atoms with Crippen molar-refractivity contribution >= 4 is 39.9 Å². The Morgan fingerprint density at radius 3 is 2.43 bits per heavy atom. The first kappa shape index (κ1) is 24.4. The number of benzene rings is 2. The first-order valence-electron chi connectivity index (χ1n) is 9.28. The van der Waals surface area contributed by atoms with Crippen LogP contribution < -0.4 is 10.8 Å². The molecule has 9 heteroatoms. The van der Waals surface area contributed by atoms with Crippen LogP contribution >= 0.6 is 22.6 Å². The van der Waals surface area contributed by atoms with Crippen LogP contribution in [-0.4, -0.2) is 25.7 Å².